The summed E-state index contributed by atoms with van der Waals surface area (Å²) in [7, 11) is -0.903. The largest absolute Gasteiger partial charge is 0.311 e. The molecular formula is C17H25N3O4S2. The van der Waals surface area contributed by atoms with E-state index in [0.717, 1.165) is 34.4 Å². The first-order valence-corrected chi connectivity index (χ1v) is 10.3. The Morgan fingerprint density at radius 1 is 1.23 bits per heavy atom. The van der Waals surface area contributed by atoms with Crippen LogP contribution in [0.25, 0.3) is 0 Å². The minimum Gasteiger partial charge on any atom is -0.274 e. The number of hydrogen-bond acceptors (Lipinski definition) is 7. The molecule has 7 nitrogen and oxygen atoms in total. The van der Waals surface area contributed by atoms with Crippen molar-refractivity contribution in [3.05, 3.63) is 35.4 Å². The first-order valence-electron chi connectivity index (χ1n) is 8.41. The number of benzene rings is 1. The average Bonchev–Trinajstić information content (AvgIpc) is 2.57. The molecule has 0 fully saturated rings. The van der Waals surface area contributed by atoms with E-state index in [9.17, 15) is 18.0 Å². The number of nitrogens with one attached hydrogen (secondary N) is 1. The van der Waals surface area contributed by atoms with Crippen molar-refractivity contribution in [2.24, 2.45) is 4.36 Å². The molecule has 0 bridgehead atoms. The smallest absolute Gasteiger partial charge is 0.274 e. The second-order valence-electron chi connectivity index (χ2n) is 5.83. The van der Waals surface area contributed by atoms with Crippen molar-refractivity contribution in [3.8, 4) is 0 Å². The predicted octanol–water partition coefficient (Wildman–Crippen LogP) is 2.98. The van der Waals surface area contributed by atoms with E-state index in [-0.39, 0.29) is 18.9 Å². The van der Waals surface area contributed by atoms with Gasteiger partial charge in [-0.1, -0.05) is 43.2 Å². The first kappa shape index (κ1) is 22.3. The summed E-state index contributed by atoms with van der Waals surface area (Å²) >= 11 is 0.823. The number of amides is 2. The Labute approximate surface area is 160 Å². The second kappa shape index (κ2) is 11.8. The van der Waals surface area contributed by atoms with Gasteiger partial charge in [0.2, 0.25) is 5.91 Å². The van der Waals surface area contributed by atoms with Crippen LogP contribution in [0.1, 0.15) is 37.3 Å². The number of hydrogen-bond donors (Lipinski definition) is 1. The fourth-order valence-electron chi connectivity index (χ4n) is 2.42. The molecule has 2 amide bonds. The second-order valence-corrected chi connectivity index (χ2v) is 7.44. The van der Waals surface area contributed by atoms with Crippen molar-refractivity contribution >= 4 is 33.6 Å². The van der Waals surface area contributed by atoms with Crippen molar-refractivity contribution in [2.75, 3.05) is 13.6 Å². The van der Waals surface area contributed by atoms with E-state index >= 15 is 0 Å². The molecule has 26 heavy (non-hydrogen) atoms. The van der Waals surface area contributed by atoms with Gasteiger partial charge in [-0.25, -0.2) is 0 Å². The zero-order valence-electron chi connectivity index (χ0n) is 15.3. The van der Waals surface area contributed by atoms with Gasteiger partial charge >= 0.3 is 15.7 Å². The topological polar surface area (TPSA) is 95.9 Å². The van der Waals surface area contributed by atoms with E-state index < -0.39 is 21.8 Å². The molecular weight excluding hydrogens is 374 g/mol. The van der Waals surface area contributed by atoms with Crippen LogP contribution in [0.15, 0.2) is 28.6 Å². The van der Waals surface area contributed by atoms with Gasteiger partial charge in [0, 0.05) is 18.5 Å². The number of carbonyl (C=O) groups is 2. The Morgan fingerprint density at radius 2 is 1.88 bits per heavy atom. The summed E-state index contributed by atoms with van der Waals surface area (Å²) < 4.78 is 28.0. The van der Waals surface area contributed by atoms with Crippen LogP contribution < -0.4 is 4.72 Å². The molecule has 0 aliphatic heterocycles. The Bertz CT molecular complexity index is 725. The average molecular weight is 400 g/mol. The lowest BCUT2D eigenvalue weighted by atomic mass is 10.1. The third kappa shape index (κ3) is 8.11. The molecule has 1 atom stereocenters. The molecule has 0 heterocycles. The number of imide groups is 1. The van der Waals surface area contributed by atoms with Gasteiger partial charge in [-0.05, 0) is 32.4 Å². The lowest BCUT2D eigenvalue weighted by Gasteiger charge is -2.21. The molecule has 0 saturated carbocycles. The van der Waals surface area contributed by atoms with Crippen molar-refractivity contribution in [3.63, 3.8) is 0 Å². The van der Waals surface area contributed by atoms with Crippen LogP contribution >= 0.6 is 11.9 Å². The molecule has 0 aromatic heterocycles. The molecule has 0 radical (unpaired) electrons. The van der Waals surface area contributed by atoms with Gasteiger partial charge in [0.1, 0.15) is 0 Å². The van der Waals surface area contributed by atoms with Gasteiger partial charge in [0.05, 0.1) is 12.5 Å². The summed E-state index contributed by atoms with van der Waals surface area (Å²) in [4.78, 5) is 26.1. The molecule has 0 aliphatic carbocycles. The van der Waals surface area contributed by atoms with Crippen molar-refractivity contribution in [1.82, 2.24) is 9.62 Å². The first-order chi connectivity index (χ1) is 12.4. The Kier molecular flexibility index (Phi) is 10.2. The Hall–Kier alpha value is -1.71. The monoisotopic (exact) mass is 399 g/mol. The third-order valence-corrected chi connectivity index (χ3v) is 4.80. The molecule has 0 aliphatic rings. The number of nitrogens with zero attached hydrogens (tertiary/aromatic N) is 2. The highest BCUT2D eigenvalue weighted by atomic mass is 32.2. The molecule has 1 aromatic carbocycles. The molecule has 1 aromatic rings. The van der Waals surface area contributed by atoms with Crippen molar-refractivity contribution < 1.29 is 18.0 Å². The van der Waals surface area contributed by atoms with Gasteiger partial charge in [-0.2, -0.15) is 12.8 Å². The number of rotatable bonds is 9. The highest BCUT2D eigenvalue weighted by Crippen LogP contribution is 2.14. The van der Waals surface area contributed by atoms with E-state index in [1.54, 1.807) is 7.05 Å². The third-order valence-electron chi connectivity index (χ3n) is 3.73. The van der Waals surface area contributed by atoms with E-state index in [1.165, 1.54) is 0 Å². The summed E-state index contributed by atoms with van der Waals surface area (Å²) in [6.45, 7) is 4.02. The fourth-order valence-corrected chi connectivity index (χ4v) is 3.35. The van der Waals surface area contributed by atoms with E-state index in [1.807, 2.05) is 38.1 Å². The standard InChI is InChI=1S/C17H25N3O4S2/c1-4-5-15(19-26(23)24)10-11-20(17(22)25-18-3)16(21)12-14-8-6-13(2)7-9-14/h6-9,15,18H,4-5,10-12H2,1-3H3. The predicted molar refractivity (Wildman–Crippen MR) is 103 cm³/mol. The summed E-state index contributed by atoms with van der Waals surface area (Å²) in [5.74, 6) is -0.319. The highest BCUT2D eigenvalue weighted by molar-refractivity contribution is 8.11. The summed E-state index contributed by atoms with van der Waals surface area (Å²) in [6, 6.07) is 7.11. The summed E-state index contributed by atoms with van der Waals surface area (Å²) in [5.41, 5.74) is 1.91. The highest BCUT2D eigenvalue weighted by Gasteiger charge is 2.23. The zero-order valence-corrected chi connectivity index (χ0v) is 16.9. The maximum Gasteiger partial charge on any atom is 0.311 e. The van der Waals surface area contributed by atoms with Crippen LogP contribution in [0, 0.1) is 6.92 Å². The molecule has 144 valence electrons. The normalized spacial score (nSPS) is 11.7. The zero-order chi connectivity index (χ0) is 19.5. The molecule has 0 spiro atoms. The molecule has 1 N–H and O–H groups in total. The lowest BCUT2D eigenvalue weighted by molar-refractivity contribution is -0.127. The van der Waals surface area contributed by atoms with Crippen LogP contribution in [0.4, 0.5) is 4.79 Å². The maximum absolute atomic E-state index is 12.6. The van der Waals surface area contributed by atoms with E-state index in [0.29, 0.717) is 12.8 Å². The van der Waals surface area contributed by atoms with Gasteiger partial charge < -0.3 is 0 Å². The molecule has 1 unspecified atom stereocenters. The molecule has 9 heteroatoms. The number of aryl methyl sites for hydroxylation is 1. The summed E-state index contributed by atoms with van der Waals surface area (Å²) in [6.07, 6.45) is 1.78. The quantitative estimate of drug-likeness (QED) is 0.641. The van der Waals surface area contributed by atoms with E-state index in [4.69, 9.17) is 0 Å². The Morgan fingerprint density at radius 3 is 2.42 bits per heavy atom. The van der Waals surface area contributed by atoms with Gasteiger partial charge in [-0.3, -0.25) is 19.2 Å². The van der Waals surface area contributed by atoms with Gasteiger partial charge in [0.15, 0.2) is 0 Å². The van der Waals surface area contributed by atoms with Gasteiger partial charge in [-0.15, -0.1) is 0 Å². The number of carbonyl (C=O) groups excluding carboxylic acids is 2. The molecule has 1 rings (SSSR count). The maximum atomic E-state index is 12.6. The van der Waals surface area contributed by atoms with Crippen molar-refractivity contribution in [2.45, 2.75) is 45.6 Å². The SMILES string of the molecule is CCCC(CCN(C(=O)Cc1ccc(C)cc1)C(=O)SNC)N=S(=O)=O. The minimum atomic E-state index is -2.50. The Balaban J connectivity index is 2.85. The summed E-state index contributed by atoms with van der Waals surface area (Å²) in [5, 5.41) is -0.414. The van der Waals surface area contributed by atoms with Crippen LogP contribution in [-0.4, -0.2) is 44.1 Å². The van der Waals surface area contributed by atoms with Crippen LogP contribution in [0.2, 0.25) is 0 Å². The minimum absolute atomic E-state index is 0.110. The fraction of sp³-hybridized carbons (Fsp3) is 0.529. The van der Waals surface area contributed by atoms with Crippen LogP contribution in [0.3, 0.4) is 0 Å². The van der Waals surface area contributed by atoms with Crippen LogP contribution in [0.5, 0.6) is 0 Å². The molecule has 0 saturated heterocycles. The van der Waals surface area contributed by atoms with Crippen molar-refractivity contribution in [1.29, 1.82) is 0 Å². The lowest BCUT2D eigenvalue weighted by Crippen LogP contribution is -2.38. The van der Waals surface area contributed by atoms with E-state index in [2.05, 4.69) is 9.08 Å². The van der Waals surface area contributed by atoms with Crippen LogP contribution in [-0.2, 0) is 21.7 Å². The van der Waals surface area contributed by atoms with Gasteiger partial charge in [0.25, 0.3) is 0 Å².